The fourth-order valence-electron chi connectivity index (χ4n) is 5.85. The Labute approximate surface area is 191 Å². The predicted octanol–water partition coefficient (Wildman–Crippen LogP) is 3.01. The second-order valence-electron chi connectivity index (χ2n) is 9.44. The lowest BCUT2D eigenvalue weighted by Gasteiger charge is -2.26. The lowest BCUT2D eigenvalue weighted by atomic mass is 9.81. The van der Waals surface area contributed by atoms with E-state index in [1.54, 1.807) is 17.2 Å². The zero-order chi connectivity index (χ0) is 22.6. The maximum Gasteiger partial charge on any atom is 0.248 e. The van der Waals surface area contributed by atoms with Crippen molar-refractivity contribution in [2.24, 2.45) is 0 Å². The molecule has 1 aliphatic carbocycles. The third-order valence-electron chi connectivity index (χ3n) is 7.55. The van der Waals surface area contributed by atoms with Gasteiger partial charge in [-0.2, -0.15) is 4.98 Å². The number of fused-ring (bicyclic) bond motifs is 2. The molecule has 2 saturated heterocycles. The smallest absolute Gasteiger partial charge is 0.248 e. The number of rotatable bonds is 4. The minimum Gasteiger partial charge on any atom is -0.369 e. The first-order chi connectivity index (χ1) is 16.1. The fourth-order valence-corrected chi connectivity index (χ4v) is 5.85. The summed E-state index contributed by atoms with van der Waals surface area (Å²) in [5.41, 5.74) is 0.510. The number of aromatic nitrogens is 2. The van der Waals surface area contributed by atoms with Crippen molar-refractivity contribution in [3.8, 4) is 0 Å². The highest BCUT2D eigenvalue weighted by Gasteiger charge is 2.60. The number of nitrogens with zero attached hydrogens (tertiary/aromatic N) is 4. The van der Waals surface area contributed by atoms with E-state index in [2.05, 4.69) is 25.5 Å². The summed E-state index contributed by atoms with van der Waals surface area (Å²) in [5, 5.41) is 5.91. The molecule has 6 rings (SSSR count). The van der Waals surface area contributed by atoms with Crippen LogP contribution in [0.3, 0.4) is 0 Å². The molecule has 2 N–H and O–H groups in total. The van der Waals surface area contributed by atoms with Crippen LogP contribution in [0.5, 0.6) is 0 Å². The number of benzene rings is 1. The molecule has 1 atom stereocenters. The first kappa shape index (κ1) is 20.4. The maximum atomic E-state index is 14.8. The van der Waals surface area contributed by atoms with Crippen LogP contribution < -0.4 is 20.4 Å². The number of carbonyl (C=O) groups is 2. The summed E-state index contributed by atoms with van der Waals surface area (Å²) in [5.74, 6) is 0.0568. The Morgan fingerprint density at radius 1 is 1.12 bits per heavy atom. The van der Waals surface area contributed by atoms with Crippen LogP contribution in [0.2, 0.25) is 0 Å². The lowest BCUT2D eigenvalue weighted by molar-refractivity contribution is -0.133. The van der Waals surface area contributed by atoms with Crippen LogP contribution in [0, 0.1) is 5.82 Å². The van der Waals surface area contributed by atoms with Crippen molar-refractivity contribution in [2.45, 2.75) is 56.4 Å². The van der Waals surface area contributed by atoms with Gasteiger partial charge in [0.25, 0.3) is 0 Å². The first-order valence-corrected chi connectivity index (χ1v) is 11.9. The van der Waals surface area contributed by atoms with Crippen molar-refractivity contribution < 1.29 is 14.0 Å². The van der Waals surface area contributed by atoms with Crippen LogP contribution >= 0.6 is 0 Å². The molecule has 172 valence electrons. The van der Waals surface area contributed by atoms with Gasteiger partial charge in [-0.3, -0.25) is 14.5 Å². The van der Waals surface area contributed by atoms with E-state index in [9.17, 15) is 14.0 Å². The lowest BCUT2D eigenvalue weighted by Crippen LogP contribution is -2.48. The largest absolute Gasteiger partial charge is 0.369 e. The summed E-state index contributed by atoms with van der Waals surface area (Å²) in [7, 11) is 0. The van der Waals surface area contributed by atoms with Gasteiger partial charge in [-0.05, 0) is 50.3 Å². The van der Waals surface area contributed by atoms with Gasteiger partial charge in [-0.25, -0.2) is 9.37 Å². The normalized spacial score (nSPS) is 24.8. The number of carbonyl (C=O) groups excluding carboxylic acids is 2. The molecule has 1 aromatic carbocycles. The second-order valence-corrected chi connectivity index (χ2v) is 9.44. The molecule has 0 bridgehead atoms. The Morgan fingerprint density at radius 2 is 1.91 bits per heavy atom. The van der Waals surface area contributed by atoms with Crippen molar-refractivity contribution in [1.29, 1.82) is 0 Å². The molecule has 2 amide bonds. The number of amides is 2. The molecular weight excluding hydrogens is 423 g/mol. The van der Waals surface area contributed by atoms with Crippen LogP contribution in [0.25, 0.3) is 0 Å². The summed E-state index contributed by atoms with van der Waals surface area (Å²) in [6.45, 7) is 2.21. The molecule has 4 heterocycles. The Hall–Kier alpha value is -3.23. The quantitative estimate of drug-likeness (QED) is 0.696. The second kappa shape index (κ2) is 7.67. The van der Waals surface area contributed by atoms with E-state index < -0.39 is 5.41 Å². The Morgan fingerprint density at radius 3 is 2.61 bits per heavy atom. The highest BCUT2D eigenvalue weighted by Crippen LogP contribution is 2.47. The van der Waals surface area contributed by atoms with Crippen molar-refractivity contribution in [3.05, 3.63) is 35.8 Å². The molecule has 3 aliphatic heterocycles. The summed E-state index contributed by atoms with van der Waals surface area (Å²) in [4.78, 5) is 39.3. The number of halogens is 1. The highest BCUT2D eigenvalue weighted by molar-refractivity contribution is 6.22. The van der Waals surface area contributed by atoms with Crippen molar-refractivity contribution in [3.63, 3.8) is 0 Å². The third kappa shape index (κ3) is 3.08. The van der Waals surface area contributed by atoms with E-state index in [0.29, 0.717) is 35.7 Å². The average molecular weight is 451 g/mol. The van der Waals surface area contributed by atoms with Gasteiger partial charge in [-0.15, -0.1) is 0 Å². The van der Waals surface area contributed by atoms with Gasteiger partial charge in [0.2, 0.25) is 17.8 Å². The molecule has 4 aliphatic rings. The Balaban J connectivity index is 1.34. The molecule has 0 radical (unpaired) electrons. The molecule has 8 nitrogen and oxygen atoms in total. The SMILES string of the molecule is O=C1NCCC12C(=O)N(C1CCCC1)c1nc(Nc3ccc(N4CCCC4)c(F)c3)ncc12. The molecule has 9 heteroatoms. The van der Waals surface area contributed by atoms with Crippen LogP contribution in [0.15, 0.2) is 24.4 Å². The zero-order valence-electron chi connectivity index (χ0n) is 18.4. The molecule has 3 fully saturated rings. The Kier molecular flexibility index (Phi) is 4.74. The highest BCUT2D eigenvalue weighted by atomic mass is 19.1. The van der Waals surface area contributed by atoms with Crippen molar-refractivity contribution in [2.75, 3.05) is 34.8 Å². The molecule has 1 unspecified atom stereocenters. The van der Waals surface area contributed by atoms with Gasteiger partial charge in [0.15, 0.2) is 5.41 Å². The van der Waals surface area contributed by atoms with E-state index in [-0.39, 0.29) is 29.6 Å². The molecule has 1 aromatic heterocycles. The number of anilines is 4. The van der Waals surface area contributed by atoms with Crippen LogP contribution in [-0.4, -0.2) is 47.5 Å². The van der Waals surface area contributed by atoms with E-state index >= 15 is 0 Å². The van der Waals surface area contributed by atoms with E-state index in [4.69, 9.17) is 0 Å². The molecule has 2 aromatic rings. The molecule has 1 saturated carbocycles. The van der Waals surface area contributed by atoms with Gasteiger partial charge in [0.05, 0.1) is 5.69 Å². The van der Waals surface area contributed by atoms with Gasteiger partial charge in [0.1, 0.15) is 11.6 Å². The van der Waals surface area contributed by atoms with Crippen LogP contribution in [0.4, 0.5) is 27.5 Å². The van der Waals surface area contributed by atoms with Crippen molar-refractivity contribution >= 4 is 35.0 Å². The fraction of sp³-hybridized carbons (Fsp3) is 0.500. The minimum atomic E-state index is -1.22. The van der Waals surface area contributed by atoms with Gasteiger partial charge < -0.3 is 15.5 Å². The number of hydrogen-bond acceptors (Lipinski definition) is 6. The number of hydrogen-bond donors (Lipinski definition) is 2. The van der Waals surface area contributed by atoms with Crippen LogP contribution in [-0.2, 0) is 15.0 Å². The zero-order valence-corrected chi connectivity index (χ0v) is 18.4. The summed E-state index contributed by atoms with van der Waals surface area (Å²) < 4.78 is 14.8. The van der Waals surface area contributed by atoms with Crippen molar-refractivity contribution in [1.82, 2.24) is 15.3 Å². The van der Waals surface area contributed by atoms with Gasteiger partial charge in [-0.1, -0.05) is 12.8 Å². The summed E-state index contributed by atoms with van der Waals surface area (Å²) in [6.07, 6.45) is 8.09. The molecular formula is C24H27FN6O2. The van der Waals surface area contributed by atoms with E-state index in [1.165, 1.54) is 6.07 Å². The standard InChI is InChI=1S/C24H27FN6O2/c25-18-13-15(7-8-19(18)30-11-3-4-12-30)28-23-27-14-17-20(29-23)31(16-5-1-2-6-16)22(33)24(17)9-10-26-21(24)32/h7-8,13-14,16H,1-6,9-12H2,(H,26,32)(H,27,28,29). The molecule has 1 spiro atoms. The minimum absolute atomic E-state index is 0.0453. The summed E-state index contributed by atoms with van der Waals surface area (Å²) >= 11 is 0. The van der Waals surface area contributed by atoms with E-state index in [0.717, 1.165) is 51.6 Å². The number of nitrogens with one attached hydrogen (secondary N) is 2. The maximum absolute atomic E-state index is 14.8. The van der Waals surface area contributed by atoms with Crippen LogP contribution in [0.1, 0.15) is 50.5 Å². The van der Waals surface area contributed by atoms with Gasteiger partial charge in [0, 0.05) is 43.1 Å². The summed E-state index contributed by atoms with van der Waals surface area (Å²) in [6, 6.07) is 5.10. The average Bonchev–Trinajstić information content (AvgIpc) is 3.59. The van der Waals surface area contributed by atoms with E-state index in [1.807, 2.05) is 6.07 Å². The first-order valence-electron chi connectivity index (χ1n) is 11.9. The monoisotopic (exact) mass is 450 g/mol. The molecule has 33 heavy (non-hydrogen) atoms. The Bertz CT molecular complexity index is 1130. The van der Waals surface area contributed by atoms with Gasteiger partial charge >= 0.3 is 0 Å². The third-order valence-corrected chi connectivity index (χ3v) is 7.55. The predicted molar refractivity (Wildman–Crippen MR) is 122 cm³/mol. The topological polar surface area (TPSA) is 90.5 Å².